The Kier molecular flexibility index (Phi) is 5.83. The molecule has 15 heavy (non-hydrogen) atoms. The second-order valence-electron chi connectivity index (χ2n) is 5.33. The van der Waals surface area contributed by atoms with Gasteiger partial charge in [-0.3, -0.25) is 9.69 Å². The summed E-state index contributed by atoms with van der Waals surface area (Å²) in [6, 6.07) is -0.336. The Morgan fingerprint density at radius 3 is 2.13 bits per heavy atom. The molecule has 0 saturated carbocycles. The molecular formula is C11H25N2O2+. The second-order valence-corrected chi connectivity index (χ2v) is 5.33. The maximum Gasteiger partial charge on any atom is 0.320 e. The Bertz CT molecular complexity index is 197. The average molecular weight is 217 g/mol. The van der Waals surface area contributed by atoms with Crippen LogP contribution in [0.1, 0.15) is 19.3 Å². The highest BCUT2D eigenvalue weighted by Crippen LogP contribution is 2.07. The first-order chi connectivity index (χ1) is 6.74. The van der Waals surface area contributed by atoms with Crippen molar-refractivity contribution in [3.05, 3.63) is 0 Å². The molecule has 0 aliphatic carbocycles. The summed E-state index contributed by atoms with van der Waals surface area (Å²) in [7, 11) is 10.1. The van der Waals surface area contributed by atoms with E-state index in [0.717, 1.165) is 30.3 Å². The van der Waals surface area contributed by atoms with Gasteiger partial charge in [-0.25, -0.2) is 0 Å². The minimum Gasteiger partial charge on any atom is -0.480 e. The minimum absolute atomic E-state index is 0.336. The van der Waals surface area contributed by atoms with Crippen LogP contribution in [0.15, 0.2) is 0 Å². The zero-order valence-corrected chi connectivity index (χ0v) is 10.7. The van der Waals surface area contributed by atoms with Crippen molar-refractivity contribution in [2.24, 2.45) is 0 Å². The van der Waals surface area contributed by atoms with Gasteiger partial charge >= 0.3 is 5.97 Å². The van der Waals surface area contributed by atoms with Crippen molar-refractivity contribution < 1.29 is 14.4 Å². The van der Waals surface area contributed by atoms with Crippen LogP contribution in [-0.4, -0.2) is 68.3 Å². The van der Waals surface area contributed by atoms with E-state index in [4.69, 9.17) is 5.11 Å². The smallest absolute Gasteiger partial charge is 0.320 e. The van der Waals surface area contributed by atoms with E-state index < -0.39 is 5.97 Å². The number of carboxylic acid groups (broad SMARTS) is 1. The molecule has 0 rings (SSSR count). The van der Waals surface area contributed by atoms with E-state index in [0.29, 0.717) is 0 Å². The van der Waals surface area contributed by atoms with Crippen molar-refractivity contribution >= 4 is 5.97 Å². The van der Waals surface area contributed by atoms with Gasteiger partial charge in [0.2, 0.25) is 0 Å². The number of hydrogen-bond donors (Lipinski definition) is 1. The lowest BCUT2D eigenvalue weighted by Crippen LogP contribution is -2.37. The fourth-order valence-electron chi connectivity index (χ4n) is 1.53. The van der Waals surface area contributed by atoms with Crippen LogP contribution in [0.4, 0.5) is 0 Å². The minimum atomic E-state index is -0.717. The Balaban J connectivity index is 3.78. The Hall–Kier alpha value is -0.610. The molecule has 0 aliphatic heterocycles. The number of quaternary nitrogens is 1. The van der Waals surface area contributed by atoms with Gasteiger partial charge in [0.05, 0.1) is 27.7 Å². The molecule has 0 amide bonds. The van der Waals surface area contributed by atoms with Crippen LogP contribution in [0.3, 0.4) is 0 Å². The van der Waals surface area contributed by atoms with Crippen LogP contribution in [0.25, 0.3) is 0 Å². The first-order valence-electron chi connectivity index (χ1n) is 5.44. The van der Waals surface area contributed by atoms with Crippen molar-refractivity contribution in [1.29, 1.82) is 0 Å². The van der Waals surface area contributed by atoms with Crippen molar-refractivity contribution in [1.82, 2.24) is 4.90 Å². The van der Waals surface area contributed by atoms with Gasteiger partial charge in [-0.1, -0.05) is 0 Å². The Morgan fingerprint density at radius 1 is 1.27 bits per heavy atom. The fraction of sp³-hybridized carbons (Fsp3) is 0.909. The van der Waals surface area contributed by atoms with Crippen LogP contribution >= 0.6 is 0 Å². The zero-order valence-electron chi connectivity index (χ0n) is 10.7. The first kappa shape index (κ1) is 14.4. The third-order valence-electron chi connectivity index (χ3n) is 2.46. The van der Waals surface area contributed by atoms with Gasteiger partial charge in [0, 0.05) is 0 Å². The van der Waals surface area contributed by atoms with Gasteiger partial charge < -0.3 is 9.59 Å². The maximum absolute atomic E-state index is 10.9. The van der Waals surface area contributed by atoms with Crippen LogP contribution in [-0.2, 0) is 4.79 Å². The number of unbranched alkanes of at least 4 members (excludes halogenated alkanes) is 1. The lowest BCUT2D eigenvalue weighted by molar-refractivity contribution is -0.870. The summed E-state index contributed by atoms with van der Waals surface area (Å²) < 4.78 is 0.944. The highest BCUT2D eigenvalue weighted by atomic mass is 16.4. The van der Waals surface area contributed by atoms with Crippen molar-refractivity contribution in [2.45, 2.75) is 25.3 Å². The lowest BCUT2D eigenvalue weighted by atomic mass is 10.1. The Labute approximate surface area is 93.1 Å². The van der Waals surface area contributed by atoms with Gasteiger partial charge in [0.25, 0.3) is 0 Å². The van der Waals surface area contributed by atoms with E-state index in [1.54, 1.807) is 4.90 Å². The molecule has 1 N–H and O–H groups in total. The van der Waals surface area contributed by atoms with Crippen LogP contribution < -0.4 is 0 Å². The monoisotopic (exact) mass is 217 g/mol. The van der Waals surface area contributed by atoms with Gasteiger partial charge in [0.15, 0.2) is 0 Å². The highest BCUT2D eigenvalue weighted by molar-refractivity contribution is 5.73. The quantitative estimate of drug-likeness (QED) is 0.508. The zero-order chi connectivity index (χ0) is 12.1. The van der Waals surface area contributed by atoms with Crippen molar-refractivity contribution in [3.63, 3.8) is 0 Å². The molecule has 0 aromatic rings. The third kappa shape index (κ3) is 7.33. The predicted octanol–water partition coefficient (Wildman–Crippen LogP) is 0.878. The lowest BCUT2D eigenvalue weighted by Gasteiger charge is -2.24. The molecule has 4 heteroatoms. The van der Waals surface area contributed by atoms with Crippen molar-refractivity contribution in [3.8, 4) is 0 Å². The molecule has 0 aliphatic rings. The molecule has 0 heterocycles. The SMILES string of the molecule is CN(C)[C@@H](CCCC[N+](C)(C)C)C(=O)O. The van der Waals surface area contributed by atoms with E-state index in [1.807, 2.05) is 14.1 Å². The number of rotatable bonds is 7. The summed E-state index contributed by atoms with van der Waals surface area (Å²) in [6.45, 7) is 1.10. The van der Waals surface area contributed by atoms with Gasteiger partial charge in [-0.15, -0.1) is 0 Å². The second kappa shape index (κ2) is 6.08. The number of aliphatic carboxylic acids is 1. The number of hydrogen-bond acceptors (Lipinski definition) is 2. The molecule has 4 nitrogen and oxygen atoms in total. The first-order valence-corrected chi connectivity index (χ1v) is 5.44. The summed E-state index contributed by atoms with van der Waals surface area (Å²) in [5.74, 6) is -0.717. The van der Waals surface area contributed by atoms with E-state index in [-0.39, 0.29) is 6.04 Å². The maximum atomic E-state index is 10.9. The summed E-state index contributed by atoms with van der Waals surface area (Å²) in [4.78, 5) is 12.7. The molecular weight excluding hydrogens is 192 g/mol. The van der Waals surface area contributed by atoms with E-state index >= 15 is 0 Å². The van der Waals surface area contributed by atoms with Gasteiger partial charge in [-0.05, 0) is 33.4 Å². The van der Waals surface area contributed by atoms with Crippen LogP contribution in [0.5, 0.6) is 0 Å². The normalized spacial score (nSPS) is 14.3. The number of nitrogens with zero attached hydrogens (tertiary/aromatic N) is 2. The standard InChI is InChI=1S/C11H24N2O2/c1-12(2)10(11(14)15)8-6-7-9-13(3,4)5/h10H,6-9H2,1-5H3/p+1/t10-/m0/s1. The molecule has 0 saturated heterocycles. The topological polar surface area (TPSA) is 40.5 Å². The molecule has 0 aromatic heterocycles. The van der Waals surface area contributed by atoms with E-state index in [2.05, 4.69) is 21.1 Å². The van der Waals surface area contributed by atoms with Crippen LogP contribution in [0, 0.1) is 0 Å². The van der Waals surface area contributed by atoms with E-state index in [9.17, 15) is 4.79 Å². The summed E-state index contributed by atoms with van der Waals surface area (Å²) in [5.41, 5.74) is 0. The van der Waals surface area contributed by atoms with Gasteiger partial charge in [0.1, 0.15) is 6.04 Å². The van der Waals surface area contributed by atoms with Crippen molar-refractivity contribution in [2.75, 3.05) is 41.8 Å². The average Bonchev–Trinajstić information content (AvgIpc) is 2.00. The number of carboxylic acids is 1. The summed E-state index contributed by atoms with van der Waals surface area (Å²) >= 11 is 0. The van der Waals surface area contributed by atoms with Gasteiger partial charge in [-0.2, -0.15) is 0 Å². The predicted molar refractivity (Wildman–Crippen MR) is 61.9 cm³/mol. The fourth-order valence-corrected chi connectivity index (χ4v) is 1.53. The molecule has 0 bridgehead atoms. The molecule has 0 fully saturated rings. The third-order valence-corrected chi connectivity index (χ3v) is 2.46. The highest BCUT2D eigenvalue weighted by Gasteiger charge is 2.19. The molecule has 0 radical (unpaired) electrons. The molecule has 90 valence electrons. The Morgan fingerprint density at radius 2 is 1.80 bits per heavy atom. The molecule has 0 aromatic carbocycles. The number of likely N-dealkylation sites (N-methyl/N-ethyl adjacent to an activating group) is 1. The molecule has 1 atom stereocenters. The van der Waals surface area contributed by atoms with E-state index in [1.165, 1.54) is 0 Å². The molecule has 0 unspecified atom stereocenters. The largest absolute Gasteiger partial charge is 0.480 e. The number of carbonyl (C=O) groups is 1. The molecule has 0 spiro atoms. The summed E-state index contributed by atoms with van der Waals surface area (Å²) in [6.07, 6.45) is 2.80. The van der Waals surface area contributed by atoms with Crippen LogP contribution in [0.2, 0.25) is 0 Å². The summed E-state index contributed by atoms with van der Waals surface area (Å²) in [5, 5.41) is 8.96.